The minimum Gasteiger partial charge on any atom is -0.484 e. The molecule has 0 aromatic heterocycles. The van der Waals surface area contributed by atoms with Gasteiger partial charge in [-0.2, -0.15) is 0 Å². The Morgan fingerprint density at radius 1 is 1.07 bits per heavy atom. The highest BCUT2D eigenvalue weighted by Gasteiger charge is 2.29. The summed E-state index contributed by atoms with van der Waals surface area (Å²) in [5.41, 5.74) is 3.50. The van der Waals surface area contributed by atoms with Crippen LogP contribution in [-0.4, -0.2) is 66.4 Å². The van der Waals surface area contributed by atoms with Crippen molar-refractivity contribution in [1.29, 1.82) is 0 Å². The number of anilines is 1. The van der Waals surface area contributed by atoms with Gasteiger partial charge in [-0.1, -0.05) is 30.3 Å². The Morgan fingerprint density at radius 3 is 2.37 bits per heavy atom. The van der Waals surface area contributed by atoms with Gasteiger partial charge < -0.3 is 24.8 Å². The van der Waals surface area contributed by atoms with E-state index in [0.717, 1.165) is 37.5 Å². The summed E-state index contributed by atoms with van der Waals surface area (Å²) in [6.45, 7) is 7.19. The summed E-state index contributed by atoms with van der Waals surface area (Å²) in [5, 5.41) is 3.11. The molecule has 2 aromatic carbocycles. The van der Waals surface area contributed by atoms with Gasteiger partial charge in [-0.15, -0.1) is 0 Å². The lowest BCUT2D eigenvalue weighted by Crippen LogP contribution is -3.27. The van der Waals surface area contributed by atoms with Crippen LogP contribution in [0.25, 0.3) is 0 Å². The molecular formula is C24H36N4O2+2. The molecule has 6 nitrogen and oxygen atoms in total. The van der Waals surface area contributed by atoms with Gasteiger partial charge in [0.2, 0.25) is 0 Å². The fourth-order valence-corrected chi connectivity index (χ4v) is 3.98. The van der Waals surface area contributed by atoms with Crippen LogP contribution in [0, 0.1) is 6.92 Å². The van der Waals surface area contributed by atoms with Gasteiger partial charge in [-0.3, -0.25) is 4.79 Å². The number of amides is 1. The van der Waals surface area contributed by atoms with Crippen molar-refractivity contribution in [2.45, 2.75) is 13.0 Å². The first-order valence-corrected chi connectivity index (χ1v) is 10.8. The molecule has 0 bridgehead atoms. The van der Waals surface area contributed by atoms with E-state index in [9.17, 15) is 4.79 Å². The molecule has 0 spiro atoms. The summed E-state index contributed by atoms with van der Waals surface area (Å²) < 4.78 is 5.71. The number of hydrogen-bond acceptors (Lipinski definition) is 3. The summed E-state index contributed by atoms with van der Waals surface area (Å²) in [4.78, 5) is 17.7. The van der Waals surface area contributed by atoms with E-state index >= 15 is 0 Å². The summed E-state index contributed by atoms with van der Waals surface area (Å²) >= 11 is 0. The summed E-state index contributed by atoms with van der Waals surface area (Å²) in [6.07, 6.45) is 0. The minimum absolute atomic E-state index is 0.0410. The molecule has 30 heavy (non-hydrogen) atoms. The predicted molar refractivity (Wildman–Crippen MR) is 121 cm³/mol. The zero-order chi connectivity index (χ0) is 21.5. The van der Waals surface area contributed by atoms with Crippen molar-refractivity contribution < 1.29 is 19.3 Å². The van der Waals surface area contributed by atoms with Gasteiger partial charge in [0.1, 0.15) is 38.0 Å². The molecule has 1 atom stereocenters. The molecule has 2 aromatic rings. The highest BCUT2D eigenvalue weighted by atomic mass is 16.5. The van der Waals surface area contributed by atoms with E-state index in [1.165, 1.54) is 11.3 Å². The van der Waals surface area contributed by atoms with Crippen LogP contribution in [0.2, 0.25) is 0 Å². The number of quaternary nitrogens is 2. The first kappa shape index (κ1) is 22.1. The maximum Gasteiger partial charge on any atom is 0.258 e. The maximum atomic E-state index is 12.5. The molecule has 1 aliphatic heterocycles. The molecule has 1 heterocycles. The molecule has 0 saturated carbocycles. The van der Waals surface area contributed by atoms with Gasteiger partial charge in [0, 0.05) is 25.3 Å². The molecule has 1 fully saturated rings. The standard InChI is InChI=1S/C24H34N4O2/c1-19-7-5-6-8-23(19)30-18-24(29)25-17-22(28-15-13-27(4)14-16-28)20-9-11-21(12-10-20)26(2)3/h5-12,22H,13-18H2,1-4H3,(H,25,29)/p+2/t22-/m1/s1. The maximum absolute atomic E-state index is 12.5. The number of carbonyl (C=O) groups is 1. The van der Waals surface area contributed by atoms with Gasteiger partial charge >= 0.3 is 0 Å². The second-order valence-electron chi connectivity index (χ2n) is 8.51. The van der Waals surface area contributed by atoms with E-state index in [-0.39, 0.29) is 18.6 Å². The minimum atomic E-state index is -0.0766. The van der Waals surface area contributed by atoms with Crippen molar-refractivity contribution >= 4 is 11.6 Å². The predicted octanol–water partition coefficient (Wildman–Crippen LogP) is -0.289. The van der Waals surface area contributed by atoms with Crippen molar-refractivity contribution in [3.05, 3.63) is 59.7 Å². The van der Waals surface area contributed by atoms with Crippen molar-refractivity contribution in [2.24, 2.45) is 0 Å². The van der Waals surface area contributed by atoms with Crippen molar-refractivity contribution in [1.82, 2.24) is 5.32 Å². The van der Waals surface area contributed by atoms with Crippen LogP contribution in [0.1, 0.15) is 17.2 Å². The van der Waals surface area contributed by atoms with E-state index < -0.39 is 0 Å². The smallest absolute Gasteiger partial charge is 0.258 e. The molecule has 1 aliphatic rings. The van der Waals surface area contributed by atoms with Crippen LogP contribution in [0.3, 0.4) is 0 Å². The van der Waals surface area contributed by atoms with Gasteiger partial charge in [-0.25, -0.2) is 0 Å². The summed E-state index contributed by atoms with van der Waals surface area (Å²) in [7, 11) is 6.35. The third-order valence-electron chi connectivity index (χ3n) is 6.01. The first-order chi connectivity index (χ1) is 14.4. The van der Waals surface area contributed by atoms with E-state index in [2.05, 4.69) is 55.6 Å². The Balaban J connectivity index is 1.63. The lowest BCUT2D eigenvalue weighted by atomic mass is 10.0. The first-order valence-electron chi connectivity index (χ1n) is 10.8. The van der Waals surface area contributed by atoms with Crippen LogP contribution in [-0.2, 0) is 4.79 Å². The van der Waals surface area contributed by atoms with Gasteiger partial charge in [0.05, 0.1) is 13.6 Å². The van der Waals surface area contributed by atoms with Crippen LogP contribution < -0.4 is 24.8 Å². The molecule has 0 radical (unpaired) electrons. The molecule has 1 saturated heterocycles. The number of nitrogens with zero attached hydrogens (tertiary/aromatic N) is 1. The second kappa shape index (κ2) is 10.5. The molecule has 6 heteroatoms. The molecule has 3 rings (SSSR count). The number of aryl methyl sites for hydroxylation is 1. The Labute approximate surface area is 180 Å². The average molecular weight is 413 g/mol. The Bertz CT molecular complexity index is 814. The third-order valence-corrected chi connectivity index (χ3v) is 6.01. The second-order valence-corrected chi connectivity index (χ2v) is 8.51. The normalized spacial score (nSPS) is 19.7. The van der Waals surface area contributed by atoms with E-state index in [0.29, 0.717) is 6.54 Å². The molecular weight excluding hydrogens is 376 g/mol. The van der Waals surface area contributed by atoms with Crippen LogP contribution in [0.15, 0.2) is 48.5 Å². The number of rotatable bonds is 8. The lowest BCUT2D eigenvalue weighted by Gasteiger charge is -2.33. The molecule has 3 N–H and O–H groups in total. The highest BCUT2D eigenvalue weighted by Crippen LogP contribution is 2.17. The van der Waals surface area contributed by atoms with Gasteiger partial charge in [0.15, 0.2) is 6.61 Å². The van der Waals surface area contributed by atoms with Gasteiger partial charge in [0.25, 0.3) is 5.91 Å². The molecule has 0 unspecified atom stereocenters. The summed E-state index contributed by atoms with van der Waals surface area (Å²) in [6, 6.07) is 16.7. The summed E-state index contributed by atoms with van der Waals surface area (Å²) in [5.74, 6) is 0.684. The highest BCUT2D eigenvalue weighted by molar-refractivity contribution is 5.77. The zero-order valence-corrected chi connectivity index (χ0v) is 18.7. The average Bonchev–Trinajstić information content (AvgIpc) is 2.75. The Kier molecular flexibility index (Phi) is 7.71. The molecule has 162 valence electrons. The number of para-hydroxylation sites is 1. The number of benzene rings is 2. The number of hydrogen-bond donors (Lipinski definition) is 3. The number of nitrogens with one attached hydrogen (secondary N) is 3. The van der Waals surface area contributed by atoms with Crippen molar-refractivity contribution in [2.75, 3.05) is 65.4 Å². The SMILES string of the molecule is Cc1ccccc1OCC(=O)NC[C@H](c1ccc(N(C)C)cc1)[NH+]1CC[NH+](C)CC1. The van der Waals surface area contributed by atoms with E-state index in [1.54, 1.807) is 9.80 Å². The topological polar surface area (TPSA) is 50.4 Å². The van der Waals surface area contributed by atoms with Crippen molar-refractivity contribution in [3.63, 3.8) is 0 Å². The lowest BCUT2D eigenvalue weighted by molar-refractivity contribution is -1.02. The largest absolute Gasteiger partial charge is 0.484 e. The number of likely N-dealkylation sites (N-methyl/N-ethyl adjacent to an activating group) is 1. The van der Waals surface area contributed by atoms with E-state index in [1.807, 2.05) is 31.2 Å². The Morgan fingerprint density at radius 2 is 1.73 bits per heavy atom. The monoisotopic (exact) mass is 412 g/mol. The number of ether oxygens (including phenoxy) is 1. The van der Waals surface area contributed by atoms with Gasteiger partial charge in [-0.05, 0) is 30.7 Å². The molecule has 0 aliphatic carbocycles. The quantitative estimate of drug-likeness (QED) is 0.559. The fourth-order valence-electron chi connectivity index (χ4n) is 3.98. The van der Waals surface area contributed by atoms with E-state index in [4.69, 9.17) is 4.74 Å². The number of piperazine rings is 1. The van der Waals surface area contributed by atoms with Crippen LogP contribution in [0.5, 0.6) is 5.75 Å². The van der Waals surface area contributed by atoms with Crippen LogP contribution in [0.4, 0.5) is 5.69 Å². The third kappa shape index (κ3) is 5.97. The van der Waals surface area contributed by atoms with Crippen molar-refractivity contribution in [3.8, 4) is 5.75 Å². The zero-order valence-electron chi connectivity index (χ0n) is 18.7. The number of carbonyl (C=O) groups excluding carboxylic acids is 1. The molecule has 1 amide bonds. The fraction of sp³-hybridized carbons (Fsp3) is 0.458. The Hall–Kier alpha value is -2.57. The van der Waals surface area contributed by atoms with Crippen LogP contribution >= 0.6 is 0 Å².